The second-order valence-corrected chi connectivity index (χ2v) is 4.12. The molecule has 94 valence electrons. The van der Waals surface area contributed by atoms with Crippen molar-refractivity contribution in [2.75, 3.05) is 7.11 Å². The van der Waals surface area contributed by atoms with Crippen molar-refractivity contribution in [1.82, 2.24) is 4.98 Å². The van der Waals surface area contributed by atoms with Crippen molar-refractivity contribution in [2.45, 2.75) is 20.1 Å². The predicted molar refractivity (Wildman–Crippen MR) is 70.5 cm³/mol. The monoisotopic (exact) mass is 243 g/mol. The lowest BCUT2D eigenvalue weighted by Gasteiger charge is -2.09. The smallest absolute Gasteiger partial charge is 0.127 e. The van der Waals surface area contributed by atoms with Gasteiger partial charge in [0.05, 0.1) is 20.3 Å². The Morgan fingerprint density at radius 2 is 1.89 bits per heavy atom. The number of aryl methyl sites for hydroxylation is 1. The van der Waals surface area contributed by atoms with Crippen LogP contribution in [0, 0.1) is 6.92 Å². The quantitative estimate of drug-likeness (QED) is 0.808. The van der Waals surface area contributed by atoms with Crippen molar-refractivity contribution >= 4 is 0 Å². The summed E-state index contributed by atoms with van der Waals surface area (Å²) in [6.07, 6.45) is 1.80. The van der Waals surface area contributed by atoms with Crippen molar-refractivity contribution in [2.24, 2.45) is 0 Å². The molecule has 0 spiro atoms. The number of hydrogen-bond acceptors (Lipinski definition) is 3. The standard InChI is InChI=1S/C15H17NO2/c1-12-8-15(17-2)14(9-16-12)11-18-10-13-6-4-3-5-7-13/h3-9H,10-11H2,1-2H3. The lowest BCUT2D eigenvalue weighted by molar-refractivity contribution is 0.105. The second kappa shape index (κ2) is 6.17. The van der Waals surface area contributed by atoms with Gasteiger partial charge in [0.15, 0.2) is 0 Å². The minimum Gasteiger partial charge on any atom is -0.496 e. The first-order valence-electron chi connectivity index (χ1n) is 5.91. The molecule has 0 bridgehead atoms. The van der Waals surface area contributed by atoms with Crippen LogP contribution in [0.15, 0.2) is 42.6 Å². The second-order valence-electron chi connectivity index (χ2n) is 4.12. The Hall–Kier alpha value is -1.87. The third kappa shape index (κ3) is 3.31. The van der Waals surface area contributed by atoms with Gasteiger partial charge in [-0.05, 0) is 12.5 Å². The van der Waals surface area contributed by atoms with Gasteiger partial charge in [0, 0.05) is 23.5 Å². The van der Waals surface area contributed by atoms with Gasteiger partial charge in [-0.25, -0.2) is 0 Å². The highest BCUT2D eigenvalue weighted by atomic mass is 16.5. The Balaban J connectivity index is 1.94. The van der Waals surface area contributed by atoms with Crippen molar-refractivity contribution in [3.05, 3.63) is 59.4 Å². The number of pyridine rings is 1. The molecule has 18 heavy (non-hydrogen) atoms. The van der Waals surface area contributed by atoms with E-state index in [1.54, 1.807) is 13.3 Å². The molecule has 0 saturated carbocycles. The lowest BCUT2D eigenvalue weighted by Crippen LogP contribution is -1.99. The van der Waals surface area contributed by atoms with Crippen LogP contribution in [0.3, 0.4) is 0 Å². The van der Waals surface area contributed by atoms with E-state index in [-0.39, 0.29) is 0 Å². The maximum absolute atomic E-state index is 5.67. The zero-order valence-corrected chi connectivity index (χ0v) is 10.7. The molecular weight excluding hydrogens is 226 g/mol. The third-order valence-electron chi connectivity index (χ3n) is 2.67. The average Bonchev–Trinajstić information content (AvgIpc) is 2.41. The van der Waals surface area contributed by atoms with Crippen molar-refractivity contribution in [1.29, 1.82) is 0 Å². The average molecular weight is 243 g/mol. The van der Waals surface area contributed by atoms with E-state index in [2.05, 4.69) is 4.98 Å². The van der Waals surface area contributed by atoms with E-state index in [0.717, 1.165) is 22.6 Å². The van der Waals surface area contributed by atoms with E-state index < -0.39 is 0 Å². The van der Waals surface area contributed by atoms with E-state index >= 15 is 0 Å². The van der Waals surface area contributed by atoms with Crippen molar-refractivity contribution in [3.8, 4) is 5.75 Å². The van der Waals surface area contributed by atoms with Crippen LogP contribution >= 0.6 is 0 Å². The summed E-state index contributed by atoms with van der Waals surface area (Å²) in [6, 6.07) is 12.0. The molecule has 2 rings (SSSR count). The van der Waals surface area contributed by atoms with Crippen LogP contribution in [-0.2, 0) is 18.0 Å². The molecule has 1 aromatic heterocycles. The minimum atomic E-state index is 0.505. The maximum Gasteiger partial charge on any atom is 0.127 e. The summed E-state index contributed by atoms with van der Waals surface area (Å²) in [5, 5.41) is 0. The van der Waals surface area contributed by atoms with Gasteiger partial charge in [-0.2, -0.15) is 0 Å². The molecule has 0 saturated heterocycles. The molecule has 1 heterocycles. The molecule has 0 atom stereocenters. The highest BCUT2D eigenvalue weighted by Crippen LogP contribution is 2.19. The molecule has 0 aliphatic rings. The fourth-order valence-corrected chi connectivity index (χ4v) is 1.71. The minimum absolute atomic E-state index is 0.505. The van der Waals surface area contributed by atoms with E-state index in [1.807, 2.05) is 43.3 Å². The molecule has 0 N–H and O–H groups in total. The van der Waals surface area contributed by atoms with Crippen LogP contribution in [-0.4, -0.2) is 12.1 Å². The van der Waals surface area contributed by atoms with Crippen LogP contribution < -0.4 is 4.74 Å². The molecule has 1 aromatic carbocycles. The molecular formula is C15H17NO2. The Morgan fingerprint density at radius 3 is 2.61 bits per heavy atom. The number of aromatic nitrogens is 1. The SMILES string of the molecule is COc1cc(C)ncc1COCc1ccccc1. The van der Waals surface area contributed by atoms with Crippen LogP contribution in [0.5, 0.6) is 5.75 Å². The number of hydrogen-bond donors (Lipinski definition) is 0. The Bertz CT molecular complexity index is 497. The third-order valence-corrected chi connectivity index (χ3v) is 2.67. The van der Waals surface area contributed by atoms with Gasteiger partial charge in [0.25, 0.3) is 0 Å². The van der Waals surface area contributed by atoms with Crippen LogP contribution in [0.1, 0.15) is 16.8 Å². The topological polar surface area (TPSA) is 31.4 Å². The number of nitrogens with zero attached hydrogens (tertiary/aromatic N) is 1. The van der Waals surface area contributed by atoms with Crippen molar-refractivity contribution < 1.29 is 9.47 Å². The molecule has 0 aliphatic carbocycles. The molecule has 0 aliphatic heterocycles. The Kier molecular flexibility index (Phi) is 4.31. The van der Waals surface area contributed by atoms with Gasteiger partial charge in [-0.1, -0.05) is 30.3 Å². The summed E-state index contributed by atoms with van der Waals surface area (Å²) in [5.41, 5.74) is 3.08. The molecule has 0 amide bonds. The van der Waals surface area contributed by atoms with Gasteiger partial charge in [-0.15, -0.1) is 0 Å². The predicted octanol–water partition coefficient (Wildman–Crippen LogP) is 3.12. The molecule has 0 radical (unpaired) electrons. The highest BCUT2D eigenvalue weighted by Gasteiger charge is 2.04. The summed E-state index contributed by atoms with van der Waals surface area (Å²) in [7, 11) is 1.66. The summed E-state index contributed by atoms with van der Waals surface area (Å²) >= 11 is 0. The maximum atomic E-state index is 5.67. The van der Waals surface area contributed by atoms with Gasteiger partial charge >= 0.3 is 0 Å². The zero-order chi connectivity index (χ0) is 12.8. The van der Waals surface area contributed by atoms with Crippen LogP contribution in [0.25, 0.3) is 0 Å². The van der Waals surface area contributed by atoms with E-state index in [4.69, 9.17) is 9.47 Å². The van der Waals surface area contributed by atoms with E-state index in [1.165, 1.54) is 0 Å². The largest absolute Gasteiger partial charge is 0.496 e. The van der Waals surface area contributed by atoms with E-state index in [9.17, 15) is 0 Å². The molecule has 0 fully saturated rings. The normalized spacial score (nSPS) is 10.3. The summed E-state index contributed by atoms with van der Waals surface area (Å²) < 4.78 is 11.0. The van der Waals surface area contributed by atoms with Crippen molar-refractivity contribution in [3.63, 3.8) is 0 Å². The lowest BCUT2D eigenvalue weighted by atomic mass is 10.2. The number of methoxy groups -OCH3 is 1. The first-order valence-corrected chi connectivity index (χ1v) is 5.91. The fraction of sp³-hybridized carbons (Fsp3) is 0.267. The van der Waals surface area contributed by atoms with Gasteiger partial charge < -0.3 is 9.47 Å². The fourth-order valence-electron chi connectivity index (χ4n) is 1.71. The molecule has 3 nitrogen and oxygen atoms in total. The van der Waals surface area contributed by atoms with Gasteiger partial charge in [0.1, 0.15) is 5.75 Å². The first kappa shape index (κ1) is 12.6. The summed E-state index contributed by atoms with van der Waals surface area (Å²) in [6.45, 7) is 3.04. The molecule has 0 unspecified atom stereocenters. The Morgan fingerprint density at radius 1 is 1.11 bits per heavy atom. The van der Waals surface area contributed by atoms with Gasteiger partial charge in [-0.3, -0.25) is 4.98 Å². The number of ether oxygens (including phenoxy) is 2. The van der Waals surface area contributed by atoms with Gasteiger partial charge in [0.2, 0.25) is 0 Å². The Labute approximate surface area is 107 Å². The van der Waals surface area contributed by atoms with Crippen LogP contribution in [0.2, 0.25) is 0 Å². The summed E-state index contributed by atoms with van der Waals surface area (Å²) in [5.74, 6) is 0.829. The molecule has 2 aromatic rings. The first-order chi connectivity index (χ1) is 8.79. The highest BCUT2D eigenvalue weighted by molar-refractivity contribution is 5.32. The summed E-state index contributed by atoms with van der Waals surface area (Å²) in [4.78, 5) is 4.25. The zero-order valence-electron chi connectivity index (χ0n) is 10.7. The van der Waals surface area contributed by atoms with Crippen LogP contribution in [0.4, 0.5) is 0 Å². The number of benzene rings is 1. The van der Waals surface area contributed by atoms with E-state index in [0.29, 0.717) is 13.2 Å². The molecule has 3 heteroatoms. The number of rotatable bonds is 5.